The standard InChI is InChI=1S/C13H14Cl2N2O/c14-6-2-5-12(18)17-8-7-16-13(17)10-3-1-4-11(15)9-10/h1,3-4,9H,2,5-8H2. The molecule has 0 saturated carbocycles. The number of hydrogen-bond donors (Lipinski definition) is 0. The summed E-state index contributed by atoms with van der Waals surface area (Å²) in [6, 6.07) is 7.41. The molecule has 0 bridgehead atoms. The lowest BCUT2D eigenvalue weighted by molar-refractivity contribution is -0.127. The first-order chi connectivity index (χ1) is 8.72. The van der Waals surface area contributed by atoms with Gasteiger partial charge < -0.3 is 0 Å². The van der Waals surface area contributed by atoms with E-state index in [0.29, 0.717) is 36.8 Å². The van der Waals surface area contributed by atoms with Crippen LogP contribution < -0.4 is 0 Å². The number of carbonyl (C=O) groups is 1. The highest BCUT2D eigenvalue weighted by Crippen LogP contribution is 2.17. The number of hydrogen-bond acceptors (Lipinski definition) is 2. The molecule has 0 unspecified atom stereocenters. The molecule has 96 valence electrons. The largest absolute Gasteiger partial charge is 0.295 e. The van der Waals surface area contributed by atoms with E-state index in [-0.39, 0.29) is 5.91 Å². The average Bonchev–Trinajstić information content (AvgIpc) is 2.85. The van der Waals surface area contributed by atoms with Crippen molar-refractivity contribution in [1.82, 2.24) is 4.90 Å². The quantitative estimate of drug-likeness (QED) is 0.783. The second-order valence-corrected chi connectivity index (χ2v) is 4.87. The first-order valence-electron chi connectivity index (χ1n) is 5.89. The van der Waals surface area contributed by atoms with Gasteiger partial charge in [0.15, 0.2) is 0 Å². The molecule has 0 radical (unpaired) electrons. The Morgan fingerprint density at radius 1 is 1.44 bits per heavy atom. The Morgan fingerprint density at radius 2 is 2.28 bits per heavy atom. The van der Waals surface area contributed by atoms with Crippen molar-refractivity contribution >= 4 is 34.9 Å². The predicted octanol–water partition coefficient (Wildman–Crippen LogP) is 2.95. The van der Waals surface area contributed by atoms with E-state index in [1.165, 1.54) is 0 Å². The van der Waals surface area contributed by atoms with Crippen LogP contribution in [0.2, 0.25) is 5.02 Å². The van der Waals surface area contributed by atoms with Gasteiger partial charge in [-0.25, -0.2) is 0 Å². The Bertz CT molecular complexity index is 474. The van der Waals surface area contributed by atoms with Gasteiger partial charge in [0.2, 0.25) is 5.91 Å². The van der Waals surface area contributed by atoms with Gasteiger partial charge in [-0.2, -0.15) is 0 Å². The van der Waals surface area contributed by atoms with Gasteiger partial charge in [-0.15, -0.1) is 11.6 Å². The van der Waals surface area contributed by atoms with Crippen molar-refractivity contribution in [3.63, 3.8) is 0 Å². The molecule has 1 aromatic rings. The maximum Gasteiger partial charge on any atom is 0.228 e. The monoisotopic (exact) mass is 284 g/mol. The van der Waals surface area contributed by atoms with Crippen molar-refractivity contribution in [2.45, 2.75) is 12.8 Å². The highest BCUT2D eigenvalue weighted by Gasteiger charge is 2.24. The van der Waals surface area contributed by atoms with E-state index >= 15 is 0 Å². The lowest BCUT2D eigenvalue weighted by atomic mass is 10.2. The Kier molecular flexibility index (Phi) is 4.61. The Morgan fingerprint density at radius 3 is 3.00 bits per heavy atom. The van der Waals surface area contributed by atoms with Crippen LogP contribution in [0.5, 0.6) is 0 Å². The number of amidine groups is 1. The summed E-state index contributed by atoms with van der Waals surface area (Å²) >= 11 is 11.6. The van der Waals surface area contributed by atoms with Gasteiger partial charge in [0.25, 0.3) is 0 Å². The number of benzene rings is 1. The minimum Gasteiger partial charge on any atom is -0.295 e. The molecule has 0 saturated heterocycles. The van der Waals surface area contributed by atoms with Crippen molar-refractivity contribution in [2.75, 3.05) is 19.0 Å². The number of amides is 1. The van der Waals surface area contributed by atoms with Crippen LogP contribution in [0.15, 0.2) is 29.3 Å². The van der Waals surface area contributed by atoms with Crippen molar-refractivity contribution in [2.24, 2.45) is 4.99 Å². The van der Waals surface area contributed by atoms with Gasteiger partial charge in [0.1, 0.15) is 5.84 Å². The fourth-order valence-corrected chi connectivity index (χ4v) is 2.24. The zero-order chi connectivity index (χ0) is 13.0. The molecule has 1 aliphatic heterocycles. The minimum absolute atomic E-state index is 0.0758. The molecule has 1 heterocycles. The molecule has 2 rings (SSSR count). The number of carbonyl (C=O) groups excluding carboxylic acids is 1. The van der Waals surface area contributed by atoms with Crippen LogP contribution in [0.1, 0.15) is 18.4 Å². The summed E-state index contributed by atoms with van der Waals surface area (Å²) in [5.41, 5.74) is 0.888. The molecular formula is C13H14Cl2N2O. The van der Waals surface area contributed by atoms with E-state index in [4.69, 9.17) is 23.2 Å². The van der Waals surface area contributed by atoms with E-state index < -0.39 is 0 Å². The van der Waals surface area contributed by atoms with Gasteiger partial charge in [0.05, 0.1) is 6.54 Å². The molecule has 0 N–H and O–H groups in total. The molecule has 0 fully saturated rings. The van der Waals surface area contributed by atoms with Crippen LogP contribution in [0.25, 0.3) is 0 Å². The molecule has 0 aliphatic carbocycles. The van der Waals surface area contributed by atoms with Gasteiger partial charge in [-0.3, -0.25) is 14.7 Å². The fourth-order valence-electron chi connectivity index (χ4n) is 1.92. The maximum absolute atomic E-state index is 12.0. The van der Waals surface area contributed by atoms with Crippen LogP contribution in [0, 0.1) is 0 Å². The average molecular weight is 285 g/mol. The van der Waals surface area contributed by atoms with E-state index in [1.54, 1.807) is 11.0 Å². The highest BCUT2D eigenvalue weighted by molar-refractivity contribution is 6.31. The van der Waals surface area contributed by atoms with E-state index in [1.807, 2.05) is 18.2 Å². The molecule has 1 aromatic carbocycles. The van der Waals surface area contributed by atoms with E-state index in [9.17, 15) is 4.79 Å². The smallest absolute Gasteiger partial charge is 0.228 e. The van der Waals surface area contributed by atoms with E-state index in [2.05, 4.69) is 4.99 Å². The first-order valence-corrected chi connectivity index (χ1v) is 6.80. The SMILES string of the molecule is O=C(CCCCl)N1CCN=C1c1cccc(Cl)c1. The second kappa shape index (κ2) is 6.21. The Labute approximate surface area is 116 Å². The molecular weight excluding hydrogens is 271 g/mol. The lowest BCUT2D eigenvalue weighted by Gasteiger charge is -2.18. The molecule has 3 nitrogen and oxygen atoms in total. The van der Waals surface area contributed by atoms with Gasteiger partial charge in [-0.1, -0.05) is 23.7 Å². The summed E-state index contributed by atoms with van der Waals surface area (Å²) in [5, 5.41) is 0.648. The number of aliphatic imine (C=N–C) groups is 1. The van der Waals surface area contributed by atoms with Crippen LogP contribution >= 0.6 is 23.2 Å². The number of alkyl halides is 1. The third-order valence-corrected chi connectivity index (χ3v) is 3.25. The lowest BCUT2D eigenvalue weighted by Crippen LogP contribution is -2.34. The number of rotatable bonds is 4. The zero-order valence-corrected chi connectivity index (χ0v) is 11.4. The van der Waals surface area contributed by atoms with Crippen LogP contribution in [-0.4, -0.2) is 35.6 Å². The van der Waals surface area contributed by atoms with Crippen molar-refractivity contribution < 1.29 is 4.79 Å². The first kappa shape index (κ1) is 13.4. The van der Waals surface area contributed by atoms with Crippen LogP contribution in [0.3, 0.4) is 0 Å². The number of nitrogens with zero attached hydrogens (tertiary/aromatic N) is 2. The van der Waals surface area contributed by atoms with Gasteiger partial charge in [-0.05, 0) is 18.6 Å². The summed E-state index contributed by atoms with van der Waals surface area (Å²) in [7, 11) is 0. The molecule has 0 aromatic heterocycles. The third-order valence-electron chi connectivity index (χ3n) is 2.75. The summed E-state index contributed by atoms with van der Waals surface area (Å²) < 4.78 is 0. The molecule has 1 aliphatic rings. The molecule has 1 amide bonds. The third kappa shape index (κ3) is 3.03. The Hall–Kier alpha value is -1.06. The van der Waals surface area contributed by atoms with Gasteiger partial charge in [0, 0.05) is 29.4 Å². The highest BCUT2D eigenvalue weighted by atomic mass is 35.5. The molecule has 0 spiro atoms. The normalized spacial score (nSPS) is 14.8. The van der Waals surface area contributed by atoms with Crippen molar-refractivity contribution in [1.29, 1.82) is 0 Å². The minimum atomic E-state index is 0.0758. The summed E-state index contributed by atoms with van der Waals surface area (Å²) in [5.74, 6) is 1.30. The fraction of sp³-hybridized carbons (Fsp3) is 0.385. The van der Waals surface area contributed by atoms with Crippen molar-refractivity contribution in [3.8, 4) is 0 Å². The summed E-state index contributed by atoms with van der Waals surface area (Å²) in [6.07, 6.45) is 1.16. The summed E-state index contributed by atoms with van der Waals surface area (Å²) in [6.45, 7) is 1.29. The molecule has 5 heteroatoms. The van der Waals surface area contributed by atoms with E-state index in [0.717, 1.165) is 11.4 Å². The van der Waals surface area contributed by atoms with Crippen molar-refractivity contribution in [3.05, 3.63) is 34.9 Å². The Balaban J connectivity index is 2.15. The van der Waals surface area contributed by atoms with Crippen LogP contribution in [-0.2, 0) is 4.79 Å². The maximum atomic E-state index is 12.0. The molecule has 18 heavy (non-hydrogen) atoms. The van der Waals surface area contributed by atoms with Crippen LogP contribution in [0.4, 0.5) is 0 Å². The predicted molar refractivity (Wildman–Crippen MR) is 74.5 cm³/mol. The zero-order valence-electron chi connectivity index (χ0n) is 9.90. The molecule has 0 atom stereocenters. The van der Waals surface area contributed by atoms with Gasteiger partial charge >= 0.3 is 0 Å². The topological polar surface area (TPSA) is 32.7 Å². The summed E-state index contributed by atoms with van der Waals surface area (Å²) in [4.78, 5) is 18.1. The second-order valence-electron chi connectivity index (χ2n) is 4.05. The number of halogens is 2.